The van der Waals surface area contributed by atoms with E-state index in [1.807, 2.05) is 23.1 Å². The quantitative estimate of drug-likeness (QED) is 0.671. The van der Waals surface area contributed by atoms with Crippen molar-refractivity contribution in [1.82, 2.24) is 9.88 Å². The van der Waals surface area contributed by atoms with Gasteiger partial charge >= 0.3 is 0 Å². The number of pyridine rings is 1. The van der Waals surface area contributed by atoms with E-state index in [1.54, 1.807) is 24.3 Å². The molecule has 0 bridgehead atoms. The number of aryl methyl sites for hydroxylation is 1. The standard InChI is InChI=1S/C22H22ClN3O2/c1-16-14-21(24-20-5-3-2-4-19(16)20)25-10-12-26(13-11-25)22(27)15-28-18-8-6-17(23)7-9-18/h2-9,14H,10-13,15H2,1H3. The van der Waals surface area contributed by atoms with Crippen LogP contribution in [0.15, 0.2) is 54.6 Å². The number of carbonyl (C=O) groups is 1. The Balaban J connectivity index is 1.35. The molecule has 2 heterocycles. The first kappa shape index (κ1) is 18.6. The number of amides is 1. The van der Waals surface area contributed by atoms with Crippen LogP contribution in [-0.4, -0.2) is 48.6 Å². The second kappa shape index (κ2) is 8.07. The normalized spacial score (nSPS) is 14.4. The molecule has 144 valence electrons. The monoisotopic (exact) mass is 395 g/mol. The zero-order valence-corrected chi connectivity index (χ0v) is 16.5. The maximum atomic E-state index is 12.5. The van der Waals surface area contributed by atoms with Gasteiger partial charge in [0.15, 0.2) is 6.61 Å². The minimum absolute atomic E-state index is 0.00255. The lowest BCUT2D eigenvalue weighted by Gasteiger charge is -2.35. The van der Waals surface area contributed by atoms with E-state index in [0.717, 1.165) is 24.4 Å². The highest BCUT2D eigenvalue weighted by Gasteiger charge is 2.22. The summed E-state index contributed by atoms with van der Waals surface area (Å²) in [6.45, 7) is 5.00. The first-order valence-electron chi connectivity index (χ1n) is 9.37. The number of piperazine rings is 1. The van der Waals surface area contributed by atoms with Crippen molar-refractivity contribution in [2.24, 2.45) is 0 Å². The van der Waals surface area contributed by atoms with Gasteiger partial charge in [-0.15, -0.1) is 0 Å². The Kier molecular flexibility index (Phi) is 5.35. The van der Waals surface area contributed by atoms with Crippen molar-refractivity contribution >= 4 is 34.2 Å². The van der Waals surface area contributed by atoms with Crippen LogP contribution in [0.3, 0.4) is 0 Å². The van der Waals surface area contributed by atoms with Crippen molar-refractivity contribution in [2.45, 2.75) is 6.92 Å². The summed E-state index contributed by atoms with van der Waals surface area (Å²) < 4.78 is 5.58. The van der Waals surface area contributed by atoms with Crippen molar-refractivity contribution < 1.29 is 9.53 Å². The van der Waals surface area contributed by atoms with E-state index in [-0.39, 0.29) is 12.5 Å². The number of halogens is 1. The lowest BCUT2D eigenvalue weighted by atomic mass is 10.1. The van der Waals surface area contributed by atoms with Crippen LogP contribution in [0, 0.1) is 6.92 Å². The predicted molar refractivity (Wildman–Crippen MR) is 112 cm³/mol. The molecule has 28 heavy (non-hydrogen) atoms. The highest BCUT2D eigenvalue weighted by atomic mass is 35.5. The number of anilines is 1. The van der Waals surface area contributed by atoms with Crippen LogP contribution in [0.5, 0.6) is 5.75 Å². The molecule has 1 amide bonds. The number of nitrogens with zero attached hydrogens (tertiary/aromatic N) is 3. The third-order valence-electron chi connectivity index (χ3n) is 5.04. The number of ether oxygens (including phenoxy) is 1. The Morgan fingerprint density at radius 2 is 1.79 bits per heavy atom. The highest BCUT2D eigenvalue weighted by molar-refractivity contribution is 6.30. The van der Waals surface area contributed by atoms with E-state index in [9.17, 15) is 4.79 Å². The summed E-state index contributed by atoms with van der Waals surface area (Å²) >= 11 is 5.86. The van der Waals surface area contributed by atoms with Crippen LogP contribution >= 0.6 is 11.6 Å². The Hall–Kier alpha value is -2.79. The van der Waals surface area contributed by atoms with Gasteiger partial charge in [0.25, 0.3) is 5.91 Å². The Morgan fingerprint density at radius 3 is 2.54 bits per heavy atom. The number of para-hydroxylation sites is 1. The molecule has 1 aromatic heterocycles. The van der Waals surface area contributed by atoms with Gasteiger partial charge in [-0.05, 0) is 48.9 Å². The SMILES string of the molecule is Cc1cc(N2CCN(C(=O)COc3ccc(Cl)cc3)CC2)nc2ccccc12. The van der Waals surface area contributed by atoms with Gasteiger partial charge in [-0.2, -0.15) is 0 Å². The zero-order valence-electron chi connectivity index (χ0n) is 15.8. The minimum Gasteiger partial charge on any atom is -0.484 e. The number of hydrogen-bond donors (Lipinski definition) is 0. The largest absolute Gasteiger partial charge is 0.484 e. The van der Waals surface area contributed by atoms with Crippen LogP contribution in [0.4, 0.5) is 5.82 Å². The molecule has 1 aliphatic heterocycles. The molecule has 1 saturated heterocycles. The molecule has 0 unspecified atom stereocenters. The maximum absolute atomic E-state index is 12.5. The molecule has 0 spiro atoms. The smallest absolute Gasteiger partial charge is 0.260 e. The third-order valence-corrected chi connectivity index (χ3v) is 5.29. The van der Waals surface area contributed by atoms with Crippen LogP contribution in [0.25, 0.3) is 10.9 Å². The van der Waals surface area contributed by atoms with Crippen molar-refractivity contribution in [3.63, 3.8) is 0 Å². The molecule has 0 saturated carbocycles. The van der Waals surface area contributed by atoms with Gasteiger partial charge in [0.1, 0.15) is 11.6 Å². The van der Waals surface area contributed by atoms with Crippen molar-refractivity contribution in [3.8, 4) is 5.75 Å². The fraction of sp³-hybridized carbons (Fsp3) is 0.273. The van der Waals surface area contributed by atoms with Gasteiger partial charge in [-0.3, -0.25) is 4.79 Å². The van der Waals surface area contributed by atoms with Gasteiger partial charge in [0, 0.05) is 36.6 Å². The molecule has 0 atom stereocenters. The van der Waals surface area contributed by atoms with Crippen molar-refractivity contribution in [3.05, 3.63) is 65.2 Å². The van der Waals surface area contributed by atoms with E-state index in [4.69, 9.17) is 21.3 Å². The van der Waals surface area contributed by atoms with Gasteiger partial charge < -0.3 is 14.5 Å². The Bertz CT molecular complexity index is 983. The van der Waals surface area contributed by atoms with E-state index >= 15 is 0 Å². The molecular weight excluding hydrogens is 374 g/mol. The first-order chi connectivity index (χ1) is 13.6. The first-order valence-corrected chi connectivity index (χ1v) is 9.75. The zero-order chi connectivity index (χ0) is 19.5. The summed E-state index contributed by atoms with van der Waals surface area (Å²) in [5, 5.41) is 1.83. The lowest BCUT2D eigenvalue weighted by molar-refractivity contribution is -0.133. The van der Waals surface area contributed by atoms with Gasteiger partial charge in [-0.25, -0.2) is 4.98 Å². The number of benzene rings is 2. The minimum atomic E-state index is -0.00255. The molecule has 3 aromatic rings. The number of rotatable bonds is 4. The molecular formula is C22H22ClN3O2. The van der Waals surface area contributed by atoms with Crippen LogP contribution in [0.1, 0.15) is 5.56 Å². The molecule has 0 radical (unpaired) electrons. The summed E-state index contributed by atoms with van der Waals surface area (Å²) in [5.74, 6) is 1.62. The topological polar surface area (TPSA) is 45.7 Å². The maximum Gasteiger partial charge on any atom is 0.260 e. The average molecular weight is 396 g/mol. The molecule has 5 nitrogen and oxygen atoms in total. The molecule has 6 heteroatoms. The molecule has 1 aliphatic rings. The second-order valence-corrected chi connectivity index (χ2v) is 7.36. The van der Waals surface area contributed by atoms with Gasteiger partial charge in [-0.1, -0.05) is 29.8 Å². The number of carbonyl (C=O) groups excluding carboxylic acids is 1. The van der Waals surface area contributed by atoms with Crippen LogP contribution < -0.4 is 9.64 Å². The molecule has 1 fully saturated rings. The van der Waals surface area contributed by atoms with Crippen LogP contribution in [-0.2, 0) is 4.79 Å². The molecule has 0 N–H and O–H groups in total. The summed E-state index contributed by atoms with van der Waals surface area (Å²) in [4.78, 5) is 21.3. The van der Waals surface area contributed by atoms with Crippen molar-refractivity contribution in [1.29, 1.82) is 0 Å². The van der Waals surface area contributed by atoms with E-state index in [1.165, 1.54) is 10.9 Å². The molecule has 4 rings (SSSR count). The highest BCUT2D eigenvalue weighted by Crippen LogP contribution is 2.23. The predicted octanol–water partition coefficient (Wildman–Crippen LogP) is 3.92. The van der Waals surface area contributed by atoms with Crippen molar-refractivity contribution in [2.75, 3.05) is 37.7 Å². The second-order valence-electron chi connectivity index (χ2n) is 6.92. The summed E-state index contributed by atoms with van der Waals surface area (Å²) in [6.07, 6.45) is 0. The van der Waals surface area contributed by atoms with Gasteiger partial charge in [0.05, 0.1) is 5.52 Å². The van der Waals surface area contributed by atoms with Gasteiger partial charge in [0.2, 0.25) is 0 Å². The molecule has 2 aromatic carbocycles. The fourth-order valence-electron chi connectivity index (χ4n) is 3.45. The van der Waals surface area contributed by atoms with E-state index in [0.29, 0.717) is 23.9 Å². The number of aromatic nitrogens is 1. The molecule has 0 aliphatic carbocycles. The summed E-state index contributed by atoms with van der Waals surface area (Å²) in [7, 11) is 0. The van der Waals surface area contributed by atoms with E-state index in [2.05, 4.69) is 24.0 Å². The number of fused-ring (bicyclic) bond motifs is 1. The fourth-order valence-corrected chi connectivity index (χ4v) is 3.57. The Morgan fingerprint density at radius 1 is 1.07 bits per heavy atom. The summed E-state index contributed by atoms with van der Waals surface area (Å²) in [5.41, 5.74) is 2.22. The lowest BCUT2D eigenvalue weighted by Crippen LogP contribution is -2.50. The number of hydrogen-bond acceptors (Lipinski definition) is 4. The Labute approximate surface area is 169 Å². The average Bonchev–Trinajstić information content (AvgIpc) is 2.73. The van der Waals surface area contributed by atoms with Crippen LogP contribution in [0.2, 0.25) is 5.02 Å². The third kappa shape index (κ3) is 4.04. The van der Waals surface area contributed by atoms with E-state index < -0.39 is 0 Å². The summed E-state index contributed by atoms with van der Waals surface area (Å²) in [6, 6.07) is 17.3.